The SMILES string of the molecule is CC(C)(C(=O)NCCc1ccc(S(N)(=O)=O)cc1)C(=O)Nc1ccccc1. The zero-order valence-electron chi connectivity index (χ0n) is 15.2. The number of hydrogen-bond donors (Lipinski definition) is 3. The van der Waals surface area contributed by atoms with E-state index in [4.69, 9.17) is 5.14 Å². The van der Waals surface area contributed by atoms with Crippen LogP contribution in [-0.2, 0) is 26.0 Å². The fourth-order valence-corrected chi connectivity index (χ4v) is 2.81. The molecule has 0 bridgehead atoms. The molecule has 2 rings (SSSR count). The van der Waals surface area contributed by atoms with E-state index in [0.717, 1.165) is 5.56 Å². The number of anilines is 1. The molecule has 0 atom stereocenters. The van der Waals surface area contributed by atoms with Gasteiger partial charge in [-0.2, -0.15) is 0 Å². The third kappa shape index (κ3) is 5.63. The number of hydrogen-bond acceptors (Lipinski definition) is 4. The minimum absolute atomic E-state index is 0.0361. The van der Waals surface area contributed by atoms with E-state index in [1.54, 1.807) is 50.2 Å². The first kappa shape index (κ1) is 20.6. The molecular weight excluding hydrogens is 366 g/mol. The van der Waals surface area contributed by atoms with Crippen LogP contribution in [0.2, 0.25) is 0 Å². The minimum Gasteiger partial charge on any atom is -0.355 e. The summed E-state index contributed by atoms with van der Waals surface area (Å²) < 4.78 is 22.5. The summed E-state index contributed by atoms with van der Waals surface area (Å²) in [5.74, 6) is -0.791. The van der Waals surface area contributed by atoms with E-state index in [9.17, 15) is 18.0 Å². The van der Waals surface area contributed by atoms with Gasteiger partial charge in [0, 0.05) is 12.2 Å². The molecule has 7 nitrogen and oxygen atoms in total. The number of rotatable bonds is 7. The van der Waals surface area contributed by atoms with E-state index in [0.29, 0.717) is 18.7 Å². The van der Waals surface area contributed by atoms with Crippen LogP contribution >= 0.6 is 0 Å². The average molecular weight is 389 g/mol. The third-order valence-electron chi connectivity index (χ3n) is 4.12. The van der Waals surface area contributed by atoms with Crippen LogP contribution in [0.3, 0.4) is 0 Å². The van der Waals surface area contributed by atoms with Crippen LogP contribution in [0.25, 0.3) is 0 Å². The summed E-state index contributed by atoms with van der Waals surface area (Å²) in [6, 6.07) is 15.0. The van der Waals surface area contributed by atoms with Crippen molar-refractivity contribution < 1.29 is 18.0 Å². The molecule has 8 heteroatoms. The standard InChI is InChI=1S/C19H23N3O4S/c1-19(2,18(24)22-15-6-4-3-5-7-15)17(23)21-13-12-14-8-10-16(11-9-14)27(20,25)26/h3-11H,12-13H2,1-2H3,(H,21,23)(H,22,24)(H2,20,25,26). The predicted molar refractivity (Wildman–Crippen MR) is 103 cm³/mol. The third-order valence-corrected chi connectivity index (χ3v) is 5.05. The molecule has 0 aliphatic carbocycles. The van der Waals surface area contributed by atoms with Crippen LogP contribution in [0, 0.1) is 5.41 Å². The molecule has 0 heterocycles. The van der Waals surface area contributed by atoms with Crippen LogP contribution in [0.5, 0.6) is 0 Å². The van der Waals surface area contributed by atoms with Crippen molar-refractivity contribution in [2.75, 3.05) is 11.9 Å². The highest BCUT2D eigenvalue weighted by Crippen LogP contribution is 2.19. The fourth-order valence-electron chi connectivity index (χ4n) is 2.30. The van der Waals surface area contributed by atoms with E-state index in [-0.39, 0.29) is 4.90 Å². The number of benzene rings is 2. The highest BCUT2D eigenvalue weighted by molar-refractivity contribution is 7.89. The van der Waals surface area contributed by atoms with Crippen LogP contribution in [0.4, 0.5) is 5.69 Å². The summed E-state index contributed by atoms with van der Waals surface area (Å²) in [6.45, 7) is 3.43. The Morgan fingerprint density at radius 3 is 2.11 bits per heavy atom. The van der Waals surface area contributed by atoms with Gasteiger partial charge in [0.2, 0.25) is 21.8 Å². The van der Waals surface area contributed by atoms with Crippen LogP contribution in [-0.4, -0.2) is 26.8 Å². The molecule has 0 unspecified atom stereocenters. The van der Waals surface area contributed by atoms with Gasteiger partial charge in [0.15, 0.2) is 0 Å². The van der Waals surface area contributed by atoms with Crippen molar-refractivity contribution in [2.45, 2.75) is 25.2 Å². The summed E-state index contributed by atoms with van der Waals surface area (Å²) in [7, 11) is -3.72. The van der Waals surface area contributed by atoms with Crippen molar-refractivity contribution in [3.63, 3.8) is 0 Å². The van der Waals surface area contributed by atoms with E-state index < -0.39 is 27.3 Å². The average Bonchev–Trinajstić information content (AvgIpc) is 2.62. The lowest BCUT2D eigenvalue weighted by atomic mass is 9.91. The first-order chi connectivity index (χ1) is 12.6. The van der Waals surface area contributed by atoms with Crippen molar-refractivity contribution in [1.82, 2.24) is 5.32 Å². The van der Waals surface area contributed by atoms with Gasteiger partial charge in [-0.25, -0.2) is 13.6 Å². The zero-order chi connectivity index (χ0) is 20.1. The molecular formula is C19H23N3O4S. The summed E-state index contributed by atoms with van der Waals surface area (Å²) in [6.07, 6.45) is 0.493. The van der Waals surface area contributed by atoms with Gasteiger partial charge in [-0.15, -0.1) is 0 Å². The number of sulfonamides is 1. The molecule has 2 amide bonds. The lowest BCUT2D eigenvalue weighted by molar-refractivity contribution is -0.138. The number of amides is 2. The maximum Gasteiger partial charge on any atom is 0.239 e. The van der Waals surface area contributed by atoms with Crippen molar-refractivity contribution in [3.8, 4) is 0 Å². The van der Waals surface area contributed by atoms with Crippen LogP contribution in [0.15, 0.2) is 59.5 Å². The first-order valence-electron chi connectivity index (χ1n) is 8.37. The molecule has 4 N–H and O–H groups in total. The van der Waals surface area contributed by atoms with Gasteiger partial charge in [-0.05, 0) is 50.1 Å². The van der Waals surface area contributed by atoms with Gasteiger partial charge in [0.1, 0.15) is 5.41 Å². The highest BCUT2D eigenvalue weighted by Gasteiger charge is 2.35. The monoisotopic (exact) mass is 389 g/mol. The topological polar surface area (TPSA) is 118 Å². The molecule has 27 heavy (non-hydrogen) atoms. The normalized spacial score (nSPS) is 11.7. The Labute approximate surface area is 159 Å². The molecule has 2 aromatic rings. The molecule has 0 aromatic heterocycles. The first-order valence-corrected chi connectivity index (χ1v) is 9.92. The molecule has 0 saturated heterocycles. The Morgan fingerprint density at radius 1 is 0.963 bits per heavy atom. The lowest BCUT2D eigenvalue weighted by Gasteiger charge is -2.22. The molecule has 0 aliphatic heterocycles. The highest BCUT2D eigenvalue weighted by atomic mass is 32.2. The number of para-hydroxylation sites is 1. The second kappa shape index (κ2) is 8.32. The largest absolute Gasteiger partial charge is 0.355 e. The van der Waals surface area contributed by atoms with Gasteiger partial charge in [0.25, 0.3) is 0 Å². The summed E-state index contributed by atoms with van der Waals surface area (Å²) in [5, 5.41) is 10.5. The van der Waals surface area contributed by atoms with Gasteiger partial charge < -0.3 is 10.6 Å². The Morgan fingerprint density at radius 2 is 1.56 bits per heavy atom. The summed E-state index contributed by atoms with van der Waals surface area (Å²) >= 11 is 0. The number of nitrogens with one attached hydrogen (secondary N) is 2. The summed E-state index contributed by atoms with van der Waals surface area (Å²) in [5.41, 5.74) is 0.223. The molecule has 2 aromatic carbocycles. The van der Waals surface area contributed by atoms with Crippen molar-refractivity contribution in [1.29, 1.82) is 0 Å². The quantitative estimate of drug-likeness (QED) is 0.624. The van der Waals surface area contributed by atoms with E-state index in [2.05, 4.69) is 10.6 Å². The molecule has 144 valence electrons. The Hall–Kier alpha value is -2.71. The Balaban J connectivity index is 1.89. The van der Waals surface area contributed by atoms with E-state index in [1.165, 1.54) is 12.1 Å². The van der Waals surface area contributed by atoms with Crippen LogP contribution in [0.1, 0.15) is 19.4 Å². The van der Waals surface area contributed by atoms with Crippen molar-refractivity contribution >= 4 is 27.5 Å². The smallest absolute Gasteiger partial charge is 0.239 e. The molecule has 0 radical (unpaired) electrons. The number of carbonyl (C=O) groups is 2. The minimum atomic E-state index is -3.72. The fraction of sp³-hybridized carbons (Fsp3) is 0.263. The van der Waals surface area contributed by atoms with Crippen molar-refractivity contribution in [2.24, 2.45) is 10.6 Å². The second-order valence-electron chi connectivity index (χ2n) is 6.64. The number of carbonyl (C=O) groups excluding carboxylic acids is 2. The zero-order valence-corrected chi connectivity index (χ0v) is 16.0. The Bertz CT molecular complexity index is 908. The number of primary sulfonamides is 1. The maximum absolute atomic E-state index is 12.4. The number of nitrogens with two attached hydrogens (primary N) is 1. The second-order valence-corrected chi connectivity index (χ2v) is 8.20. The summed E-state index contributed by atoms with van der Waals surface area (Å²) in [4.78, 5) is 24.8. The van der Waals surface area contributed by atoms with Crippen molar-refractivity contribution in [3.05, 3.63) is 60.2 Å². The molecule has 0 fully saturated rings. The van der Waals surface area contributed by atoms with Gasteiger partial charge >= 0.3 is 0 Å². The lowest BCUT2D eigenvalue weighted by Crippen LogP contribution is -2.45. The van der Waals surface area contributed by atoms with Gasteiger partial charge in [0.05, 0.1) is 4.90 Å². The molecule has 0 aliphatic rings. The van der Waals surface area contributed by atoms with Gasteiger partial charge in [-0.3, -0.25) is 9.59 Å². The predicted octanol–water partition coefficient (Wildman–Crippen LogP) is 1.66. The van der Waals surface area contributed by atoms with Gasteiger partial charge in [-0.1, -0.05) is 30.3 Å². The molecule has 0 spiro atoms. The van der Waals surface area contributed by atoms with E-state index in [1.807, 2.05) is 6.07 Å². The maximum atomic E-state index is 12.4. The molecule has 0 saturated carbocycles. The Kier molecular flexibility index (Phi) is 6.35. The van der Waals surface area contributed by atoms with Crippen LogP contribution < -0.4 is 15.8 Å². The van der Waals surface area contributed by atoms with E-state index >= 15 is 0 Å².